The van der Waals surface area contributed by atoms with E-state index in [-0.39, 0.29) is 0 Å². The quantitative estimate of drug-likeness (QED) is 0.828. The lowest BCUT2D eigenvalue weighted by Gasteiger charge is -2.40. The number of nitrogens with one attached hydrogen (secondary N) is 1. The summed E-state index contributed by atoms with van der Waals surface area (Å²) in [5.74, 6) is 0.970. The van der Waals surface area contributed by atoms with Crippen LogP contribution in [0.2, 0.25) is 0 Å². The van der Waals surface area contributed by atoms with Gasteiger partial charge in [0, 0.05) is 18.1 Å². The van der Waals surface area contributed by atoms with Crippen LogP contribution in [0.5, 0.6) is 0 Å². The highest BCUT2D eigenvalue weighted by Crippen LogP contribution is 2.31. The molecule has 1 aliphatic heterocycles. The van der Waals surface area contributed by atoms with E-state index in [9.17, 15) is 0 Å². The second kappa shape index (κ2) is 6.38. The average Bonchev–Trinajstić information content (AvgIpc) is 2.53. The van der Waals surface area contributed by atoms with Crippen LogP contribution in [0, 0.1) is 5.92 Å². The minimum atomic E-state index is 0.290. The summed E-state index contributed by atoms with van der Waals surface area (Å²) < 4.78 is 0. The van der Waals surface area contributed by atoms with Crippen LogP contribution in [0.3, 0.4) is 0 Å². The predicted octanol–water partition coefficient (Wildman–Crippen LogP) is 3.42. The Morgan fingerprint density at radius 1 is 1.17 bits per heavy atom. The fourth-order valence-electron chi connectivity index (χ4n) is 4.04. The van der Waals surface area contributed by atoms with E-state index >= 15 is 0 Å². The molecule has 1 N–H and O–H groups in total. The van der Waals surface area contributed by atoms with Crippen molar-refractivity contribution in [2.45, 2.75) is 77.3 Å². The molecule has 1 saturated carbocycles. The molecule has 0 radical (unpaired) electrons. The maximum atomic E-state index is 3.69. The van der Waals surface area contributed by atoms with Crippen molar-refractivity contribution in [1.29, 1.82) is 0 Å². The topological polar surface area (TPSA) is 15.3 Å². The number of hydrogen-bond acceptors (Lipinski definition) is 2. The molecule has 0 aromatic heterocycles. The smallest absolute Gasteiger partial charge is 0.0252 e. The summed E-state index contributed by atoms with van der Waals surface area (Å²) in [6.07, 6.45) is 10.0. The van der Waals surface area contributed by atoms with E-state index in [2.05, 4.69) is 31.0 Å². The summed E-state index contributed by atoms with van der Waals surface area (Å²) >= 11 is 0. The summed E-state index contributed by atoms with van der Waals surface area (Å²) in [4.78, 5) is 2.80. The third kappa shape index (κ3) is 3.71. The van der Waals surface area contributed by atoms with Gasteiger partial charge in [0.1, 0.15) is 0 Å². The van der Waals surface area contributed by atoms with Gasteiger partial charge in [0.15, 0.2) is 0 Å². The van der Waals surface area contributed by atoms with Gasteiger partial charge in [-0.05, 0) is 58.5 Å². The van der Waals surface area contributed by atoms with E-state index in [1.165, 1.54) is 64.6 Å². The highest BCUT2D eigenvalue weighted by Gasteiger charge is 2.32. The molecule has 18 heavy (non-hydrogen) atoms. The zero-order valence-corrected chi connectivity index (χ0v) is 12.7. The molecule has 2 fully saturated rings. The van der Waals surface area contributed by atoms with Crippen LogP contribution in [0.15, 0.2) is 0 Å². The zero-order chi connectivity index (χ0) is 13.0. The second-order valence-corrected chi connectivity index (χ2v) is 7.01. The van der Waals surface area contributed by atoms with E-state index in [4.69, 9.17) is 0 Å². The van der Waals surface area contributed by atoms with E-state index in [1.54, 1.807) is 0 Å². The van der Waals surface area contributed by atoms with Crippen molar-refractivity contribution < 1.29 is 0 Å². The molecule has 106 valence electrons. The van der Waals surface area contributed by atoms with Gasteiger partial charge in [-0.15, -0.1) is 0 Å². The Balaban J connectivity index is 2.00. The highest BCUT2D eigenvalue weighted by molar-refractivity contribution is 4.90. The lowest BCUT2D eigenvalue weighted by Crippen LogP contribution is -2.51. The summed E-state index contributed by atoms with van der Waals surface area (Å²) in [5, 5.41) is 3.69. The first-order valence-electron chi connectivity index (χ1n) is 8.11. The van der Waals surface area contributed by atoms with Crippen molar-refractivity contribution in [3.05, 3.63) is 0 Å². The SMILES string of the molecule is CCC(C1CCCCC1)N1CCCNC(C)(C)C1. The Morgan fingerprint density at radius 3 is 2.56 bits per heavy atom. The van der Waals surface area contributed by atoms with Crippen LogP contribution in [0.1, 0.15) is 65.7 Å². The van der Waals surface area contributed by atoms with E-state index < -0.39 is 0 Å². The van der Waals surface area contributed by atoms with Gasteiger partial charge in [-0.2, -0.15) is 0 Å². The second-order valence-electron chi connectivity index (χ2n) is 7.01. The number of nitrogens with zero attached hydrogens (tertiary/aromatic N) is 1. The first-order valence-corrected chi connectivity index (χ1v) is 8.11. The molecule has 1 atom stereocenters. The summed E-state index contributed by atoms with van der Waals surface area (Å²) in [7, 11) is 0. The molecule has 0 spiro atoms. The maximum absolute atomic E-state index is 3.69. The van der Waals surface area contributed by atoms with Crippen LogP contribution in [0.25, 0.3) is 0 Å². The van der Waals surface area contributed by atoms with Gasteiger partial charge in [0.05, 0.1) is 0 Å². The molecule has 2 nitrogen and oxygen atoms in total. The Labute approximate surface area is 114 Å². The standard InChI is InChI=1S/C16H32N2/c1-4-15(14-9-6-5-7-10-14)18-12-8-11-17-16(2,3)13-18/h14-15,17H,4-13H2,1-3H3. The van der Waals surface area contributed by atoms with E-state index in [0.717, 1.165) is 12.0 Å². The van der Waals surface area contributed by atoms with Gasteiger partial charge in [0.25, 0.3) is 0 Å². The molecule has 2 heteroatoms. The van der Waals surface area contributed by atoms with Crippen molar-refractivity contribution >= 4 is 0 Å². The van der Waals surface area contributed by atoms with Gasteiger partial charge >= 0.3 is 0 Å². The third-order valence-electron chi connectivity index (χ3n) is 4.91. The molecule has 1 aliphatic carbocycles. The lowest BCUT2D eigenvalue weighted by molar-refractivity contribution is 0.0987. The maximum Gasteiger partial charge on any atom is 0.0252 e. The van der Waals surface area contributed by atoms with Crippen LogP contribution in [0.4, 0.5) is 0 Å². The van der Waals surface area contributed by atoms with Crippen molar-refractivity contribution in [3.63, 3.8) is 0 Å². The summed E-state index contributed by atoms with van der Waals surface area (Å²) in [6.45, 7) is 10.8. The van der Waals surface area contributed by atoms with Gasteiger partial charge in [0.2, 0.25) is 0 Å². The molecule has 1 saturated heterocycles. The normalized spacial score (nSPS) is 28.8. The van der Waals surface area contributed by atoms with Crippen molar-refractivity contribution in [1.82, 2.24) is 10.2 Å². The molecular weight excluding hydrogens is 220 g/mol. The zero-order valence-electron chi connectivity index (χ0n) is 12.7. The molecular formula is C16H32N2. The molecule has 2 rings (SSSR count). The van der Waals surface area contributed by atoms with Crippen molar-refractivity contribution in [2.75, 3.05) is 19.6 Å². The Kier molecular flexibility index (Phi) is 5.08. The fraction of sp³-hybridized carbons (Fsp3) is 1.00. The molecule has 0 aromatic carbocycles. The monoisotopic (exact) mass is 252 g/mol. The van der Waals surface area contributed by atoms with Crippen molar-refractivity contribution in [3.8, 4) is 0 Å². The van der Waals surface area contributed by atoms with Crippen LogP contribution >= 0.6 is 0 Å². The predicted molar refractivity (Wildman–Crippen MR) is 78.9 cm³/mol. The third-order valence-corrected chi connectivity index (χ3v) is 4.91. The Morgan fingerprint density at radius 2 is 1.89 bits per heavy atom. The average molecular weight is 252 g/mol. The first-order chi connectivity index (χ1) is 8.62. The Hall–Kier alpha value is -0.0800. The molecule has 0 bridgehead atoms. The lowest BCUT2D eigenvalue weighted by atomic mass is 9.82. The number of rotatable bonds is 3. The molecule has 0 aromatic rings. The minimum Gasteiger partial charge on any atom is -0.310 e. The fourth-order valence-corrected chi connectivity index (χ4v) is 4.04. The number of hydrogen-bond donors (Lipinski definition) is 1. The van der Waals surface area contributed by atoms with Gasteiger partial charge in [-0.3, -0.25) is 4.90 Å². The molecule has 1 heterocycles. The largest absolute Gasteiger partial charge is 0.310 e. The van der Waals surface area contributed by atoms with Crippen LogP contribution < -0.4 is 5.32 Å². The van der Waals surface area contributed by atoms with Crippen LogP contribution in [-0.2, 0) is 0 Å². The van der Waals surface area contributed by atoms with E-state index in [0.29, 0.717) is 5.54 Å². The summed E-state index contributed by atoms with van der Waals surface area (Å²) in [5.41, 5.74) is 0.290. The van der Waals surface area contributed by atoms with Crippen molar-refractivity contribution in [2.24, 2.45) is 5.92 Å². The molecule has 1 unspecified atom stereocenters. The van der Waals surface area contributed by atoms with Crippen LogP contribution in [-0.4, -0.2) is 36.1 Å². The minimum absolute atomic E-state index is 0.290. The first kappa shape index (κ1) is 14.3. The van der Waals surface area contributed by atoms with Gasteiger partial charge in [-0.1, -0.05) is 26.2 Å². The summed E-state index contributed by atoms with van der Waals surface area (Å²) in [6, 6.07) is 0.837. The van der Waals surface area contributed by atoms with E-state index in [1.807, 2.05) is 0 Å². The molecule has 0 amide bonds. The van der Waals surface area contributed by atoms with Gasteiger partial charge < -0.3 is 5.32 Å². The highest BCUT2D eigenvalue weighted by atomic mass is 15.2. The van der Waals surface area contributed by atoms with Gasteiger partial charge in [-0.25, -0.2) is 0 Å². The molecule has 2 aliphatic rings. The Bertz CT molecular complexity index is 243.